The number of nitrogens with one attached hydrogen (secondary N) is 1. The molecule has 158 valence electrons. The van der Waals surface area contributed by atoms with Crippen LogP contribution in [0.3, 0.4) is 0 Å². The van der Waals surface area contributed by atoms with E-state index in [-0.39, 0.29) is 32.9 Å². The quantitative estimate of drug-likeness (QED) is 0.637. The van der Waals surface area contributed by atoms with Gasteiger partial charge in [0.2, 0.25) is 15.9 Å². The molecule has 0 aliphatic carbocycles. The fourth-order valence-corrected chi connectivity index (χ4v) is 4.00. The van der Waals surface area contributed by atoms with E-state index in [2.05, 4.69) is 31.0 Å². The van der Waals surface area contributed by atoms with Crippen molar-refractivity contribution in [3.8, 4) is 5.88 Å². The number of hydrogen-bond donors (Lipinski definition) is 1. The van der Waals surface area contributed by atoms with Crippen LogP contribution in [0, 0.1) is 0 Å². The highest BCUT2D eigenvalue weighted by Gasteiger charge is 2.29. The molecule has 29 heavy (non-hydrogen) atoms. The van der Waals surface area contributed by atoms with Gasteiger partial charge in [0.25, 0.3) is 5.91 Å². The predicted octanol–water partition coefficient (Wildman–Crippen LogP) is 2.97. The molecule has 0 fully saturated rings. The lowest BCUT2D eigenvalue weighted by Gasteiger charge is -2.14. The lowest BCUT2D eigenvalue weighted by molar-refractivity contribution is -0.154. The van der Waals surface area contributed by atoms with Gasteiger partial charge in [0.05, 0.1) is 4.90 Å². The molecule has 1 aromatic carbocycles. The topological polar surface area (TPSA) is 88.6 Å². The molecule has 12 heteroatoms. The molecule has 2 rings (SSSR count). The van der Waals surface area contributed by atoms with Crippen molar-refractivity contribution in [2.45, 2.75) is 17.6 Å². The summed E-state index contributed by atoms with van der Waals surface area (Å²) in [4.78, 5) is 16.1. The Morgan fingerprint density at radius 2 is 1.97 bits per heavy atom. The Morgan fingerprint density at radius 3 is 2.59 bits per heavy atom. The van der Waals surface area contributed by atoms with E-state index in [1.165, 1.54) is 50.6 Å². The molecular formula is C17H17BrF3N3O4S. The van der Waals surface area contributed by atoms with Crippen molar-refractivity contribution in [3.05, 3.63) is 52.1 Å². The minimum absolute atomic E-state index is 0.0651. The van der Waals surface area contributed by atoms with Gasteiger partial charge in [-0.15, -0.1) is 0 Å². The number of rotatable bonds is 7. The number of benzene rings is 1. The predicted molar refractivity (Wildman–Crippen MR) is 102 cm³/mol. The summed E-state index contributed by atoms with van der Waals surface area (Å²) in [5.41, 5.74) is 0.304. The van der Waals surface area contributed by atoms with Gasteiger partial charge in [0.15, 0.2) is 6.61 Å². The third kappa shape index (κ3) is 6.15. The maximum atomic E-state index is 12.4. The second-order valence-corrected chi connectivity index (χ2v) is 8.96. The Bertz CT molecular complexity index is 998. The summed E-state index contributed by atoms with van der Waals surface area (Å²) in [5, 5.41) is 2.52. The number of carbonyl (C=O) groups excluding carboxylic acids is 1. The van der Waals surface area contributed by atoms with Crippen LogP contribution in [0.5, 0.6) is 5.88 Å². The molecule has 1 aromatic heterocycles. The zero-order valence-corrected chi connectivity index (χ0v) is 17.7. The molecule has 1 amide bonds. The van der Waals surface area contributed by atoms with Crippen LogP contribution in [0.1, 0.15) is 15.9 Å². The number of nitrogens with zero attached hydrogens (tertiary/aromatic N) is 2. The highest BCUT2D eigenvalue weighted by molar-refractivity contribution is 9.10. The number of halogens is 4. The molecular weight excluding hydrogens is 479 g/mol. The number of sulfonamides is 1. The third-order valence-electron chi connectivity index (χ3n) is 3.61. The van der Waals surface area contributed by atoms with Crippen LogP contribution in [0.15, 0.2) is 45.9 Å². The maximum Gasteiger partial charge on any atom is 0.422 e. The van der Waals surface area contributed by atoms with Gasteiger partial charge in [0, 0.05) is 42.4 Å². The van der Waals surface area contributed by atoms with Crippen LogP contribution in [-0.4, -0.2) is 50.5 Å². The average Bonchev–Trinajstić information content (AvgIpc) is 2.64. The molecule has 0 bridgehead atoms. The van der Waals surface area contributed by atoms with E-state index in [1.807, 2.05) is 0 Å². The summed E-state index contributed by atoms with van der Waals surface area (Å²) >= 11 is 3.15. The van der Waals surface area contributed by atoms with Gasteiger partial charge < -0.3 is 10.1 Å². The first kappa shape index (κ1) is 23.1. The van der Waals surface area contributed by atoms with Crippen LogP contribution in [0.4, 0.5) is 13.2 Å². The van der Waals surface area contributed by atoms with Crippen molar-refractivity contribution < 1.29 is 31.1 Å². The minimum atomic E-state index is -4.52. The number of amides is 1. The zero-order chi connectivity index (χ0) is 21.8. The monoisotopic (exact) mass is 495 g/mol. The fourth-order valence-electron chi connectivity index (χ4n) is 2.16. The van der Waals surface area contributed by atoms with Crippen LogP contribution >= 0.6 is 15.9 Å². The van der Waals surface area contributed by atoms with Crippen molar-refractivity contribution in [1.29, 1.82) is 0 Å². The number of aromatic nitrogens is 1. The van der Waals surface area contributed by atoms with Crippen LogP contribution in [0.2, 0.25) is 0 Å². The first-order valence-corrected chi connectivity index (χ1v) is 10.3. The highest BCUT2D eigenvalue weighted by atomic mass is 79.9. The molecule has 0 spiro atoms. The number of ether oxygens (including phenoxy) is 1. The second-order valence-electron chi connectivity index (χ2n) is 5.99. The maximum absolute atomic E-state index is 12.4. The Morgan fingerprint density at radius 1 is 1.28 bits per heavy atom. The normalized spacial score (nSPS) is 12.1. The van der Waals surface area contributed by atoms with Gasteiger partial charge in [-0.3, -0.25) is 4.79 Å². The summed E-state index contributed by atoms with van der Waals surface area (Å²) < 4.78 is 67.7. The minimum Gasteiger partial charge on any atom is -0.468 e. The lowest BCUT2D eigenvalue weighted by Crippen LogP contribution is -2.26. The molecule has 1 heterocycles. The van der Waals surface area contributed by atoms with Crippen molar-refractivity contribution in [2.24, 2.45) is 0 Å². The van der Waals surface area contributed by atoms with Gasteiger partial charge in [-0.1, -0.05) is 6.07 Å². The fraction of sp³-hybridized carbons (Fsp3) is 0.294. The molecule has 0 unspecified atom stereocenters. The number of pyridine rings is 1. The van der Waals surface area contributed by atoms with E-state index < -0.39 is 28.7 Å². The van der Waals surface area contributed by atoms with Crippen LogP contribution in [0.25, 0.3) is 0 Å². The molecule has 0 aliphatic rings. The molecule has 1 N–H and O–H groups in total. The second kappa shape index (κ2) is 9.09. The molecule has 0 saturated heterocycles. The largest absolute Gasteiger partial charge is 0.468 e. The molecule has 0 atom stereocenters. The van der Waals surface area contributed by atoms with Crippen LogP contribution < -0.4 is 10.1 Å². The van der Waals surface area contributed by atoms with E-state index in [1.54, 1.807) is 0 Å². The van der Waals surface area contributed by atoms with Gasteiger partial charge in [-0.25, -0.2) is 17.7 Å². The Kier molecular flexibility index (Phi) is 7.25. The van der Waals surface area contributed by atoms with Gasteiger partial charge in [-0.05, 0) is 40.2 Å². The van der Waals surface area contributed by atoms with E-state index in [0.717, 1.165) is 4.31 Å². The van der Waals surface area contributed by atoms with Gasteiger partial charge in [-0.2, -0.15) is 13.2 Å². The summed E-state index contributed by atoms with van der Waals surface area (Å²) in [6.45, 7) is -1.67. The zero-order valence-electron chi connectivity index (χ0n) is 15.3. The summed E-state index contributed by atoms with van der Waals surface area (Å²) in [7, 11) is -1.07. The highest BCUT2D eigenvalue weighted by Crippen LogP contribution is 2.25. The molecule has 2 aromatic rings. The van der Waals surface area contributed by atoms with E-state index in [9.17, 15) is 26.4 Å². The van der Waals surface area contributed by atoms with Gasteiger partial charge in [0.1, 0.15) is 0 Å². The van der Waals surface area contributed by atoms with Gasteiger partial charge >= 0.3 is 6.18 Å². The molecule has 0 aliphatic heterocycles. The van der Waals surface area contributed by atoms with E-state index in [0.29, 0.717) is 0 Å². The van der Waals surface area contributed by atoms with Crippen molar-refractivity contribution >= 4 is 31.9 Å². The third-order valence-corrected chi connectivity index (χ3v) is 6.42. The number of alkyl halides is 3. The first-order chi connectivity index (χ1) is 13.4. The molecule has 0 saturated carbocycles. The van der Waals surface area contributed by atoms with Crippen molar-refractivity contribution in [2.75, 3.05) is 20.7 Å². The Hall–Kier alpha value is -2.18. The SMILES string of the molecule is CN(C)S(=O)(=O)c1cc(C(=O)NCc2cccnc2OCC(F)(F)F)ccc1Br. The first-order valence-electron chi connectivity index (χ1n) is 8.05. The van der Waals surface area contributed by atoms with E-state index in [4.69, 9.17) is 0 Å². The average molecular weight is 496 g/mol. The van der Waals surface area contributed by atoms with Crippen LogP contribution in [-0.2, 0) is 16.6 Å². The molecule has 7 nitrogen and oxygen atoms in total. The standard InChI is InChI=1S/C17H17BrF3N3O4S/c1-24(2)29(26,27)14-8-11(5-6-13(14)18)15(25)23-9-12-4-3-7-22-16(12)28-10-17(19,20)21/h3-8H,9-10H2,1-2H3,(H,23,25). The number of carbonyl (C=O) groups is 1. The summed E-state index contributed by atoms with van der Waals surface area (Å²) in [6.07, 6.45) is -3.26. The molecule has 0 radical (unpaired) electrons. The van der Waals surface area contributed by atoms with E-state index >= 15 is 0 Å². The number of hydrogen-bond acceptors (Lipinski definition) is 5. The smallest absolute Gasteiger partial charge is 0.422 e. The Balaban J connectivity index is 2.17. The Labute approximate surface area is 174 Å². The van der Waals surface area contributed by atoms with Crippen molar-refractivity contribution in [1.82, 2.24) is 14.6 Å². The summed E-state index contributed by atoms with van der Waals surface area (Å²) in [5.74, 6) is -0.866. The lowest BCUT2D eigenvalue weighted by atomic mass is 10.2. The summed E-state index contributed by atoms with van der Waals surface area (Å²) in [6, 6.07) is 7.00. The van der Waals surface area contributed by atoms with Crippen molar-refractivity contribution in [3.63, 3.8) is 0 Å².